The van der Waals surface area contributed by atoms with Crippen LogP contribution in [-0.2, 0) is 16.1 Å². The van der Waals surface area contributed by atoms with Crippen molar-refractivity contribution < 1.29 is 19.1 Å². The van der Waals surface area contributed by atoms with E-state index >= 15 is 0 Å². The van der Waals surface area contributed by atoms with Crippen molar-refractivity contribution in [3.05, 3.63) is 17.8 Å². The predicted molar refractivity (Wildman–Crippen MR) is 38.5 cm³/mol. The third kappa shape index (κ3) is 2.71. The Hall–Kier alpha value is -1.36. The van der Waals surface area contributed by atoms with Crippen LogP contribution in [0, 0.1) is 6.92 Å². The molecule has 1 aromatic heterocycles. The minimum absolute atomic E-state index is 0.170. The van der Waals surface area contributed by atoms with Gasteiger partial charge >= 0.3 is 5.97 Å². The molecule has 66 valence electrons. The quantitative estimate of drug-likeness (QED) is 0.717. The number of aryl methyl sites for hydroxylation is 1. The minimum Gasteiger partial charge on any atom is -0.480 e. The lowest BCUT2D eigenvalue weighted by Gasteiger charge is -1.94. The summed E-state index contributed by atoms with van der Waals surface area (Å²) >= 11 is 0. The Morgan fingerprint density at radius 3 is 3.08 bits per heavy atom. The summed E-state index contributed by atoms with van der Waals surface area (Å²) in [5.74, 6) is -0.445. The molecule has 5 nitrogen and oxygen atoms in total. The topological polar surface area (TPSA) is 72.6 Å². The van der Waals surface area contributed by atoms with Gasteiger partial charge in [0, 0.05) is 6.92 Å². The maximum absolute atomic E-state index is 10.0. The van der Waals surface area contributed by atoms with Crippen molar-refractivity contribution in [1.29, 1.82) is 0 Å². The number of carbonyl (C=O) groups is 1. The number of nitrogens with zero attached hydrogens (tertiary/aromatic N) is 1. The van der Waals surface area contributed by atoms with Crippen molar-refractivity contribution in [3.63, 3.8) is 0 Å². The summed E-state index contributed by atoms with van der Waals surface area (Å²) in [4.78, 5) is 13.9. The van der Waals surface area contributed by atoms with Crippen LogP contribution < -0.4 is 0 Å². The summed E-state index contributed by atoms with van der Waals surface area (Å²) in [6.07, 6.45) is 1.44. The molecule has 0 bridgehead atoms. The van der Waals surface area contributed by atoms with Gasteiger partial charge in [-0.25, -0.2) is 9.78 Å². The van der Waals surface area contributed by atoms with Gasteiger partial charge in [0.05, 0.1) is 6.61 Å². The SMILES string of the molecule is Cc1nc(COCC(=O)O)co1. The molecular weight excluding hydrogens is 162 g/mol. The molecule has 0 aliphatic heterocycles. The summed E-state index contributed by atoms with van der Waals surface area (Å²) in [5, 5.41) is 8.23. The van der Waals surface area contributed by atoms with Gasteiger partial charge in [-0.15, -0.1) is 0 Å². The number of aromatic nitrogens is 1. The standard InChI is InChI=1S/C7H9NO4/c1-5-8-6(3-12-5)2-11-4-7(9)10/h3H,2,4H2,1H3,(H,9,10). The highest BCUT2D eigenvalue weighted by Gasteiger charge is 2.01. The lowest BCUT2D eigenvalue weighted by atomic mass is 10.5. The Morgan fingerprint density at radius 2 is 2.58 bits per heavy atom. The van der Waals surface area contributed by atoms with Crippen LogP contribution in [0.5, 0.6) is 0 Å². The number of rotatable bonds is 4. The fourth-order valence-corrected chi connectivity index (χ4v) is 0.717. The molecule has 12 heavy (non-hydrogen) atoms. The highest BCUT2D eigenvalue weighted by molar-refractivity contribution is 5.67. The minimum atomic E-state index is -0.991. The largest absolute Gasteiger partial charge is 0.480 e. The number of oxazole rings is 1. The molecule has 1 heterocycles. The fourth-order valence-electron chi connectivity index (χ4n) is 0.717. The zero-order valence-electron chi connectivity index (χ0n) is 6.61. The number of aliphatic carboxylic acids is 1. The van der Waals surface area contributed by atoms with Crippen LogP contribution in [0.1, 0.15) is 11.6 Å². The Labute approximate surface area is 69.0 Å². The number of hydrogen-bond acceptors (Lipinski definition) is 4. The maximum atomic E-state index is 10.0. The van der Waals surface area contributed by atoms with Gasteiger partial charge in [-0.3, -0.25) is 0 Å². The third-order valence-electron chi connectivity index (χ3n) is 1.14. The lowest BCUT2D eigenvalue weighted by Crippen LogP contribution is -2.06. The van der Waals surface area contributed by atoms with Gasteiger partial charge in [-0.05, 0) is 0 Å². The molecule has 0 fully saturated rings. The summed E-state index contributed by atoms with van der Waals surface area (Å²) in [7, 11) is 0. The van der Waals surface area contributed by atoms with Crippen molar-refractivity contribution in [2.45, 2.75) is 13.5 Å². The van der Waals surface area contributed by atoms with Crippen molar-refractivity contribution in [2.75, 3.05) is 6.61 Å². The first-order valence-electron chi connectivity index (χ1n) is 3.39. The zero-order chi connectivity index (χ0) is 8.97. The van der Waals surface area contributed by atoms with Gasteiger partial charge < -0.3 is 14.3 Å². The second-order valence-electron chi connectivity index (χ2n) is 2.24. The van der Waals surface area contributed by atoms with E-state index in [0.29, 0.717) is 11.6 Å². The molecular formula is C7H9NO4. The van der Waals surface area contributed by atoms with Crippen LogP contribution in [0.3, 0.4) is 0 Å². The van der Waals surface area contributed by atoms with Crippen LogP contribution in [0.25, 0.3) is 0 Å². The van der Waals surface area contributed by atoms with Gasteiger partial charge in [0.15, 0.2) is 5.89 Å². The summed E-state index contributed by atoms with van der Waals surface area (Å²) in [6.45, 7) is 1.57. The summed E-state index contributed by atoms with van der Waals surface area (Å²) in [6, 6.07) is 0. The molecule has 0 saturated heterocycles. The van der Waals surface area contributed by atoms with E-state index in [9.17, 15) is 4.79 Å². The first-order chi connectivity index (χ1) is 5.68. The predicted octanol–water partition coefficient (Wildman–Crippen LogP) is 0.584. The normalized spacial score (nSPS) is 10.1. The van der Waals surface area contributed by atoms with Crippen LogP contribution in [0.15, 0.2) is 10.7 Å². The Balaban J connectivity index is 2.29. The highest BCUT2D eigenvalue weighted by atomic mass is 16.5. The van der Waals surface area contributed by atoms with E-state index in [2.05, 4.69) is 4.98 Å². The zero-order valence-corrected chi connectivity index (χ0v) is 6.61. The molecule has 0 aromatic carbocycles. The van der Waals surface area contributed by atoms with Crippen molar-refractivity contribution in [2.24, 2.45) is 0 Å². The number of ether oxygens (including phenoxy) is 1. The smallest absolute Gasteiger partial charge is 0.329 e. The van der Waals surface area contributed by atoms with Crippen LogP contribution in [-0.4, -0.2) is 22.7 Å². The molecule has 5 heteroatoms. The third-order valence-corrected chi connectivity index (χ3v) is 1.14. The second-order valence-corrected chi connectivity index (χ2v) is 2.24. The average molecular weight is 171 g/mol. The van der Waals surface area contributed by atoms with E-state index in [-0.39, 0.29) is 13.2 Å². The Bertz CT molecular complexity index is 268. The van der Waals surface area contributed by atoms with E-state index in [1.54, 1.807) is 6.92 Å². The van der Waals surface area contributed by atoms with Gasteiger partial charge in [-0.2, -0.15) is 0 Å². The van der Waals surface area contributed by atoms with Crippen molar-refractivity contribution in [3.8, 4) is 0 Å². The number of hydrogen-bond donors (Lipinski definition) is 1. The number of carboxylic acids is 1. The second kappa shape index (κ2) is 3.87. The summed E-state index contributed by atoms with van der Waals surface area (Å²) < 4.78 is 9.66. The first-order valence-corrected chi connectivity index (χ1v) is 3.39. The van der Waals surface area contributed by atoms with Crippen LogP contribution >= 0.6 is 0 Å². The number of carboxylic acid groups (broad SMARTS) is 1. The molecule has 0 unspecified atom stereocenters. The molecule has 0 radical (unpaired) electrons. The van der Waals surface area contributed by atoms with Crippen LogP contribution in [0.2, 0.25) is 0 Å². The van der Waals surface area contributed by atoms with Crippen LogP contribution in [0.4, 0.5) is 0 Å². The molecule has 1 N–H and O–H groups in total. The maximum Gasteiger partial charge on any atom is 0.329 e. The van der Waals surface area contributed by atoms with E-state index in [0.717, 1.165) is 0 Å². The molecule has 1 rings (SSSR count). The van der Waals surface area contributed by atoms with Crippen molar-refractivity contribution >= 4 is 5.97 Å². The molecule has 1 aromatic rings. The van der Waals surface area contributed by atoms with E-state index < -0.39 is 5.97 Å². The van der Waals surface area contributed by atoms with Gasteiger partial charge in [0.2, 0.25) is 0 Å². The van der Waals surface area contributed by atoms with Gasteiger partial charge in [0.25, 0.3) is 0 Å². The lowest BCUT2D eigenvalue weighted by molar-refractivity contribution is -0.142. The van der Waals surface area contributed by atoms with Gasteiger partial charge in [0.1, 0.15) is 18.6 Å². The molecule has 0 amide bonds. The fraction of sp³-hybridized carbons (Fsp3) is 0.429. The highest BCUT2D eigenvalue weighted by Crippen LogP contribution is 2.01. The average Bonchev–Trinajstić information content (AvgIpc) is 2.35. The van der Waals surface area contributed by atoms with E-state index in [1.165, 1.54) is 6.26 Å². The van der Waals surface area contributed by atoms with E-state index in [1.807, 2.05) is 0 Å². The van der Waals surface area contributed by atoms with Gasteiger partial charge in [-0.1, -0.05) is 0 Å². The molecule has 0 spiro atoms. The van der Waals surface area contributed by atoms with E-state index in [4.69, 9.17) is 14.3 Å². The monoisotopic (exact) mass is 171 g/mol. The molecule has 0 saturated carbocycles. The molecule has 0 aliphatic carbocycles. The van der Waals surface area contributed by atoms with Crippen molar-refractivity contribution in [1.82, 2.24) is 4.98 Å². The Morgan fingerprint density at radius 1 is 1.83 bits per heavy atom. The molecule has 0 aliphatic rings. The summed E-state index contributed by atoms with van der Waals surface area (Å²) in [5.41, 5.74) is 0.605. The first kappa shape index (κ1) is 8.73. The molecule has 0 atom stereocenters. The Kier molecular flexibility index (Phi) is 2.82.